The molecule has 1 unspecified atom stereocenters. The lowest BCUT2D eigenvalue weighted by atomic mass is 9.82. The van der Waals surface area contributed by atoms with Crippen molar-refractivity contribution in [2.24, 2.45) is 11.8 Å². The van der Waals surface area contributed by atoms with E-state index in [2.05, 4.69) is 26.2 Å². The van der Waals surface area contributed by atoms with Crippen molar-refractivity contribution < 1.29 is 4.74 Å². The summed E-state index contributed by atoms with van der Waals surface area (Å²) in [6.07, 6.45) is 9.27. The van der Waals surface area contributed by atoms with Crippen LogP contribution in [0.5, 0.6) is 0 Å². The van der Waals surface area contributed by atoms with E-state index in [1.807, 2.05) is 0 Å². The SMILES string of the molecule is CCCC(CCC)C(CC1CCOCC1)NC. The maximum Gasteiger partial charge on any atom is 0.0468 e. The van der Waals surface area contributed by atoms with Gasteiger partial charge >= 0.3 is 0 Å². The van der Waals surface area contributed by atoms with E-state index < -0.39 is 0 Å². The smallest absolute Gasteiger partial charge is 0.0468 e. The van der Waals surface area contributed by atoms with Gasteiger partial charge in [0.15, 0.2) is 0 Å². The van der Waals surface area contributed by atoms with Crippen molar-refractivity contribution in [1.29, 1.82) is 0 Å². The normalized spacial score (nSPS) is 19.8. The number of rotatable bonds is 8. The molecule has 1 saturated heterocycles. The summed E-state index contributed by atoms with van der Waals surface area (Å²) in [6.45, 7) is 6.58. The Hall–Kier alpha value is -0.0800. The first-order chi connectivity index (χ1) is 8.31. The topological polar surface area (TPSA) is 21.3 Å². The highest BCUT2D eigenvalue weighted by atomic mass is 16.5. The Morgan fingerprint density at radius 3 is 2.18 bits per heavy atom. The molecular weight excluding hydrogens is 210 g/mol. The van der Waals surface area contributed by atoms with Gasteiger partial charge in [-0.1, -0.05) is 26.7 Å². The van der Waals surface area contributed by atoms with Gasteiger partial charge in [-0.05, 0) is 51.0 Å². The van der Waals surface area contributed by atoms with Gasteiger partial charge in [0, 0.05) is 19.3 Å². The molecule has 1 atom stereocenters. The van der Waals surface area contributed by atoms with Gasteiger partial charge in [-0.15, -0.1) is 0 Å². The van der Waals surface area contributed by atoms with Crippen LogP contribution in [-0.2, 0) is 4.74 Å². The van der Waals surface area contributed by atoms with E-state index in [0.717, 1.165) is 31.1 Å². The monoisotopic (exact) mass is 241 g/mol. The largest absolute Gasteiger partial charge is 0.381 e. The number of hydrogen-bond donors (Lipinski definition) is 1. The van der Waals surface area contributed by atoms with Crippen LogP contribution >= 0.6 is 0 Å². The van der Waals surface area contributed by atoms with Crippen LogP contribution in [0.3, 0.4) is 0 Å². The predicted octanol–water partition coefficient (Wildman–Crippen LogP) is 3.61. The summed E-state index contributed by atoms with van der Waals surface area (Å²) in [7, 11) is 2.14. The second-order valence-corrected chi connectivity index (χ2v) is 5.52. The molecule has 1 aliphatic heterocycles. The molecule has 0 radical (unpaired) electrons. The zero-order valence-corrected chi connectivity index (χ0v) is 12.0. The standard InChI is InChI=1S/C15H31NO/c1-4-6-14(7-5-2)15(16-3)12-13-8-10-17-11-9-13/h13-16H,4-12H2,1-3H3. The van der Waals surface area contributed by atoms with Crippen molar-refractivity contribution >= 4 is 0 Å². The lowest BCUT2D eigenvalue weighted by Crippen LogP contribution is -2.36. The van der Waals surface area contributed by atoms with Gasteiger partial charge in [-0.3, -0.25) is 0 Å². The Balaban J connectivity index is 2.42. The van der Waals surface area contributed by atoms with Crippen molar-refractivity contribution in [3.8, 4) is 0 Å². The highest BCUT2D eigenvalue weighted by Gasteiger charge is 2.23. The molecule has 2 nitrogen and oxygen atoms in total. The molecule has 102 valence electrons. The van der Waals surface area contributed by atoms with Crippen molar-refractivity contribution in [3.05, 3.63) is 0 Å². The van der Waals surface area contributed by atoms with Crippen LogP contribution in [0, 0.1) is 11.8 Å². The molecular formula is C15H31NO. The van der Waals surface area contributed by atoms with Gasteiger partial charge in [-0.25, -0.2) is 0 Å². The lowest BCUT2D eigenvalue weighted by Gasteiger charge is -2.31. The molecule has 17 heavy (non-hydrogen) atoms. The van der Waals surface area contributed by atoms with E-state index >= 15 is 0 Å². The zero-order chi connectivity index (χ0) is 12.5. The zero-order valence-electron chi connectivity index (χ0n) is 12.0. The summed E-state index contributed by atoms with van der Waals surface area (Å²) in [5.41, 5.74) is 0. The summed E-state index contributed by atoms with van der Waals surface area (Å²) >= 11 is 0. The molecule has 0 aromatic carbocycles. The predicted molar refractivity (Wildman–Crippen MR) is 74.3 cm³/mol. The summed E-state index contributed by atoms with van der Waals surface area (Å²) in [6, 6.07) is 0.720. The second kappa shape index (κ2) is 8.93. The second-order valence-electron chi connectivity index (χ2n) is 5.52. The molecule has 2 heteroatoms. The third kappa shape index (κ3) is 5.39. The van der Waals surface area contributed by atoms with Crippen molar-refractivity contribution in [2.75, 3.05) is 20.3 Å². The third-order valence-corrected chi connectivity index (χ3v) is 4.19. The molecule has 1 rings (SSSR count). The first-order valence-electron chi connectivity index (χ1n) is 7.56. The van der Waals surface area contributed by atoms with Gasteiger partial charge in [0.1, 0.15) is 0 Å². The molecule has 0 spiro atoms. The Kier molecular flexibility index (Phi) is 7.87. The minimum Gasteiger partial charge on any atom is -0.381 e. The fourth-order valence-corrected chi connectivity index (χ4v) is 3.18. The summed E-state index contributed by atoms with van der Waals surface area (Å²) in [4.78, 5) is 0. The third-order valence-electron chi connectivity index (χ3n) is 4.19. The Morgan fingerprint density at radius 1 is 1.12 bits per heavy atom. The lowest BCUT2D eigenvalue weighted by molar-refractivity contribution is 0.0576. The summed E-state index contributed by atoms with van der Waals surface area (Å²) in [5.74, 6) is 1.76. The van der Waals surface area contributed by atoms with E-state index in [-0.39, 0.29) is 0 Å². The molecule has 0 amide bonds. The molecule has 1 fully saturated rings. The van der Waals surface area contributed by atoms with Gasteiger partial charge in [-0.2, -0.15) is 0 Å². The average molecular weight is 241 g/mol. The Morgan fingerprint density at radius 2 is 1.71 bits per heavy atom. The van der Waals surface area contributed by atoms with E-state index in [9.17, 15) is 0 Å². The summed E-state index contributed by atoms with van der Waals surface area (Å²) < 4.78 is 5.45. The minimum absolute atomic E-state index is 0.720. The highest BCUT2D eigenvalue weighted by Crippen LogP contribution is 2.27. The van der Waals surface area contributed by atoms with Crippen molar-refractivity contribution in [3.63, 3.8) is 0 Å². The quantitative estimate of drug-likeness (QED) is 0.701. The number of hydrogen-bond acceptors (Lipinski definition) is 2. The summed E-state index contributed by atoms with van der Waals surface area (Å²) in [5, 5.41) is 3.58. The highest BCUT2D eigenvalue weighted by molar-refractivity contribution is 4.79. The fraction of sp³-hybridized carbons (Fsp3) is 1.00. The first-order valence-corrected chi connectivity index (χ1v) is 7.56. The van der Waals surface area contributed by atoms with Crippen LogP contribution in [-0.4, -0.2) is 26.3 Å². The van der Waals surface area contributed by atoms with Gasteiger partial charge in [0.05, 0.1) is 0 Å². The fourth-order valence-electron chi connectivity index (χ4n) is 3.18. The van der Waals surface area contributed by atoms with Crippen LogP contribution in [0.2, 0.25) is 0 Å². The van der Waals surface area contributed by atoms with Crippen LogP contribution in [0.1, 0.15) is 58.8 Å². The van der Waals surface area contributed by atoms with E-state index in [1.54, 1.807) is 0 Å². The van der Waals surface area contributed by atoms with Crippen LogP contribution in [0.25, 0.3) is 0 Å². The molecule has 1 aliphatic rings. The molecule has 0 bridgehead atoms. The average Bonchev–Trinajstić information content (AvgIpc) is 2.37. The minimum atomic E-state index is 0.720. The van der Waals surface area contributed by atoms with Gasteiger partial charge in [0.2, 0.25) is 0 Å². The Bertz CT molecular complexity index is 172. The van der Waals surface area contributed by atoms with Crippen molar-refractivity contribution in [2.45, 2.75) is 64.8 Å². The van der Waals surface area contributed by atoms with Crippen molar-refractivity contribution in [1.82, 2.24) is 5.32 Å². The maximum atomic E-state index is 5.45. The molecule has 0 saturated carbocycles. The number of nitrogens with one attached hydrogen (secondary N) is 1. The molecule has 0 aromatic heterocycles. The maximum absolute atomic E-state index is 5.45. The van der Waals surface area contributed by atoms with E-state index in [1.165, 1.54) is 44.9 Å². The Labute approximate surface area is 108 Å². The van der Waals surface area contributed by atoms with Crippen LogP contribution in [0.15, 0.2) is 0 Å². The number of ether oxygens (including phenoxy) is 1. The first kappa shape index (κ1) is 15.0. The van der Waals surface area contributed by atoms with E-state index in [0.29, 0.717) is 0 Å². The van der Waals surface area contributed by atoms with Crippen LogP contribution in [0.4, 0.5) is 0 Å². The molecule has 0 aliphatic carbocycles. The van der Waals surface area contributed by atoms with Gasteiger partial charge < -0.3 is 10.1 Å². The van der Waals surface area contributed by atoms with E-state index in [4.69, 9.17) is 4.74 Å². The van der Waals surface area contributed by atoms with Gasteiger partial charge in [0.25, 0.3) is 0 Å². The molecule has 1 heterocycles. The molecule has 0 aromatic rings. The van der Waals surface area contributed by atoms with Crippen LogP contribution < -0.4 is 5.32 Å². The molecule has 1 N–H and O–H groups in total.